The Balaban J connectivity index is 2.03. The van der Waals surface area contributed by atoms with Crippen LogP contribution in [0.25, 0.3) is 0 Å². The van der Waals surface area contributed by atoms with Crippen molar-refractivity contribution in [3.8, 4) is 5.75 Å². The van der Waals surface area contributed by atoms with Gasteiger partial charge in [-0.15, -0.1) is 0 Å². The number of sulfonamides is 1. The number of ether oxygens (including phenoxy) is 1. The van der Waals surface area contributed by atoms with Crippen molar-refractivity contribution in [1.29, 1.82) is 0 Å². The number of amides is 2. The second-order valence-corrected chi connectivity index (χ2v) is 13.2. The number of halogens is 1. The summed E-state index contributed by atoms with van der Waals surface area (Å²) in [4.78, 5) is 28.5. The summed E-state index contributed by atoms with van der Waals surface area (Å²) in [5, 5.41) is 2.89. The molecule has 0 aliphatic rings. The molecule has 0 bridgehead atoms. The number of hydrogen-bond donors (Lipinski definition) is 1. The summed E-state index contributed by atoms with van der Waals surface area (Å²) < 4.78 is 34.9. The smallest absolute Gasteiger partial charge is 0.264 e. The van der Waals surface area contributed by atoms with E-state index < -0.39 is 28.5 Å². The van der Waals surface area contributed by atoms with Crippen LogP contribution in [0.15, 0.2) is 76.1 Å². The number of aryl methyl sites for hydroxylation is 2. The zero-order chi connectivity index (χ0) is 30.3. The van der Waals surface area contributed by atoms with Gasteiger partial charge in [0.2, 0.25) is 11.8 Å². The van der Waals surface area contributed by atoms with Crippen LogP contribution in [0, 0.1) is 19.8 Å². The molecule has 0 heterocycles. The number of carbonyl (C=O) groups excluding carboxylic acids is 2. The van der Waals surface area contributed by atoms with Crippen LogP contribution in [-0.4, -0.2) is 51.4 Å². The number of benzene rings is 3. The summed E-state index contributed by atoms with van der Waals surface area (Å²) in [7, 11) is -2.70. The number of nitrogens with one attached hydrogen (secondary N) is 1. The van der Waals surface area contributed by atoms with Gasteiger partial charge in [0.1, 0.15) is 18.3 Å². The first kappa shape index (κ1) is 32.1. The van der Waals surface area contributed by atoms with Gasteiger partial charge in [0.05, 0.1) is 22.2 Å². The van der Waals surface area contributed by atoms with E-state index in [1.807, 2.05) is 52.0 Å². The first-order valence-electron chi connectivity index (χ1n) is 13.4. The van der Waals surface area contributed by atoms with E-state index in [1.165, 1.54) is 24.1 Å². The Labute approximate surface area is 251 Å². The highest BCUT2D eigenvalue weighted by molar-refractivity contribution is 9.10. The van der Waals surface area contributed by atoms with E-state index in [1.54, 1.807) is 37.3 Å². The van der Waals surface area contributed by atoms with E-state index in [0.29, 0.717) is 22.5 Å². The van der Waals surface area contributed by atoms with E-state index >= 15 is 0 Å². The summed E-state index contributed by atoms with van der Waals surface area (Å²) in [6, 6.07) is 18.2. The molecule has 41 heavy (non-hydrogen) atoms. The van der Waals surface area contributed by atoms with Crippen LogP contribution in [-0.2, 0) is 26.2 Å². The van der Waals surface area contributed by atoms with Crippen molar-refractivity contribution in [3.05, 3.63) is 87.9 Å². The molecule has 1 atom stereocenters. The second-order valence-electron chi connectivity index (χ2n) is 10.5. The topological polar surface area (TPSA) is 96.0 Å². The van der Waals surface area contributed by atoms with Crippen LogP contribution in [0.5, 0.6) is 5.75 Å². The van der Waals surface area contributed by atoms with Crippen LogP contribution in [0.4, 0.5) is 5.69 Å². The van der Waals surface area contributed by atoms with Crippen LogP contribution < -0.4 is 14.4 Å². The predicted molar refractivity (Wildman–Crippen MR) is 165 cm³/mol. The van der Waals surface area contributed by atoms with Gasteiger partial charge in [-0.05, 0) is 78.5 Å². The first-order chi connectivity index (χ1) is 19.3. The molecule has 0 unspecified atom stereocenters. The molecule has 3 aromatic carbocycles. The van der Waals surface area contributed by atoms with Crippen molar-refractivity contribution in [2.45, 2.75) is 52.1 Å². The van der Waals surface area contributed by atoms with Gasteiger partial charge >= 0.3 is 0 Å². The molecule has 10 heteroatoms. The number of carbonyl (C=O) groups is 2. The number of anilines is 1. The van der Waals surface area contributed by atoms with Crippen LogP contribution in [0.1, 0.15) is 37.5 Å². The molecule has 0 fully saturated rings. The largest absolute Gasteiger partial charge is 0.496 e. The SMILES string of the molecule is COc1ccc(S(=O)(=O)N(CC(=O)N(Cc2ccc(C)cc2)[C@@H](C)C(=O)NCC(C)C)c2ccc(C)cc2)cc1Br. The van der Waals surface area contributed by atoms with Crippen molar-refractivity contribution in [3.63, 3.8) is 0 Å². The number of methoxy groups -OCH3 is 1. The maximum Gasteiger partial charge on any atom is 0.264 e. The molecule has 8 nitrogen and oxygen atoms in total. The molecule has 3 rings (SSSR count). The third-order valence-electron chi connectivity index (χ3n) is 6.64. The van der Waals surface area contributed by atoms with E-state index in [9.17, 15) is 18.0 Å². The lowest BCUT2D eigenvalue weighted by Gasteiger charge is -2.32. The van der Waals surface area contributed by atoms with Gasteiger partial charge < -0.3 is 15.0 Å². The number of nitrogens with zero attached hydrogens (tertiary/aromatic N) is 2. The van der Waals surface area contributed by atoms with Crippen LogP contribution in [0.2, 0.25) is 0 Å². The van der Waals surface area contributed by atoms with E-state index in [0.717, 1.165) is 21.0 Å². The van der Waals surface area contributed by atoms with Gasteiger partial charge in [-0.25, -0.2) is 8.42 Å². The Morgan fingerprint density at radius 1 is 0.927 bits per heavy atom. The molecular formula is C31H38BrN3O5S. The fourth-order valence-corrected chi connectivity index (χ4v) is 6.23. The molecule has 0 radical (unpaired) electrons. The second kappa shape index (κ2) is 14.0. The Hall–Kier alpha value is -3.37. The van der Waals surface area contributed by atoms with Crippen LogP contribution in [0.3, 0.4) is 0 Å². The predicted octanol–water partition coefficient (Wildman–Crippen LogP) is 5.46. The monoisotopic (exact) mass is 643 g/mol. The van der Waals surface area contributed by atoms with Crippen molar-refractivity contribution in [1.82, 2.24) is 10.2 Å². The van der Waals surface area contributed by atoms with Crippen molar-refractivity contribution in [2.24, 2.45) is 5.92 Å². The van der Waals surface area contributed by atoms with Gasteiger partial charge in [-0.1, -0.05) is 61.4 Å². The molecule has 0 spiro atoms. The van der Waals surface area contributed by atoms with Crippen molar-refractivity contribution < 1.29 is 22.7 Å². The zero-order valence-electron chi connectivity index (χ0n) is 24.3. The van der Waals surface area contributed by atoms with Gasteiger partial charge in [0.15, 0.2) is 0 Å². The lowest BCUT2D eigenvalue weighted by Crippen LogP contribution is -2.51. The fraction of sp³-hybridized carbons (Fsp3) is 0.355. The van der Waals surface area contributed by atoms with E-state index in [4.69, 9.17) is 4.74 Å². The van der Waals surface area contributed by atoms with Gasteiger partial charge in [-0.3, -0.25) is 13.9 Å². The molecule has 3 aromatic rings. The van der Waals surface area contributed by atoms with Gasteiger partial charge in [0.25, 0.3) is 10.0 Å². The average molecular weight is 645 g/mol. The Kier molecular flexibility index (Phi) is 11.0. The fourth-order valence-electron chi connectivity index (χ4n) is 4.10. The standard InChI is InChI=1S/C31H38BrN3O5S/c1-21(2)18-33-31(37)24(5)34(19-25-11-7-22(3)8-12-25)30(36)20-35(26-13-9-23(4)10-14-26)41(38,39)27-15-16-29(40-6)28(32)17-27/h7-17,21,24H,18-20H2,1-6H3,(H,33,37)/t24-/m0/s1. The molecule has 220 valence electrons. The minimum atomic E-state index is -4.19. The average Bonchev–Trinajstić information content (AvgIpc) is 2.94. The third kappa shape index (κ3) is 8.33. The van der Waals surface area contributed by atoms with Crippen LogP contribution >= 0.6 is 15.9 Å². The van der Waals surface area contributed by atoms with Crippen molar-refractivity contribution >= 4 is 43.5 Å². The number of hydrogen-bond acceptors (Lipinski definition) is 5. The van der Waals surface area contributed by atoms with Gasteiger partial charge in [-0.2, -0.15) is 0 Å². The van der Waals surface area contributed by atoms with E-state index in [-0.39, 0.29) is 23.3 Å². The summed E-state index contributed by atoms with van der Waals surface area (Å²) in [6.45, 7) is 9.61. The maximum atomic E-state index is 14.0. The van der Waals surface area contributed by atoms with Crippen molar-refractivity contribution in [2.75, 3.05) is 24.5 Å². The lowest BCUT2D eigenvalue weighted by atomic mass is 10.1. The quantitative estimate of drug-likeness (QED) is 0.283. The third-order valence-corrected chi connectivity index (χ3v) is 9.03. The van der Waals surface area contributed by atoms with E-state index in [2.05, 4.69) is 21.2 Å². The van der Waals surface area contributed by atoms with Gasteiger partial charge in [0, 0.05) is 13.1 Å². The molecule has 2 amide bonds. The molecule has 0 saturated carbocycles. The Morgan fingerprint density at radius 2 is 1.51 bits per heavy atom. The summed E-state index contributed by atoms with van der Waals surface area (Å²) in [5.41, 5.74) is 3.18. The summed E-state index contributed by atoms with van der Waals surface area (Å²) in [5.74, 6) is -0.0942. The number of rotatable bonds is 12. The normalized spacial score (nSPS) is 12.1. The maximum absolute atomic E-state index is 14.0. The summed E-state index contributed by atoms with van der Waals surface area (Å²) >= 11 is 3.36. The molecule has 0 aliphatic heterocycles. The molecule has 1 N–H and O–H groups in total. The molecule has 0 saturated heterocycles. The Morgan fingerprint density at radius 3 is 2.05 bits per heavy atom. The minimum absolute atomic E-state index is 0.00800. The lowest BCUT2D eigenvalue weighted by molar-refractivity contribution is -0.139. The zero-order valence-corrected chi connectivity index (χ0v) is 26.8. The minimum Gasteiger partial charge on any atom is -0.496 e. The first-order valence-corrected chi connectivity index (χ1v) is 15.6. The Bertz CT molecular complexity index is 1460. The summed E-state index contributed by atoms with van der Waals surface area (Å²) in [6.07, 6.45) is 0. The molecule has 0 aliphatic carbocycles. The molecular weight excluding hydrogens is 606 g/mol. The highest BCUT2D eigenvalue weighted by Gasteiger charge is 2.33. The highest BCUT2D eigenvalue weighted by atomic mass is 79.9. The molecule has 0 aromatic heterocycles. The highest BCUT2D eigenvalue weighted by Crippen LogP contribution is 2.31.